The molecule has 0 spiro atoms. The number of amides is 2. The molecule has 5 nitrogen and oxygen atoms in total. The highest BCUT2D eigenvalue weighted by atomic mass is 35.7. The van der Waals surface area contributed by atoms with E-state index in [-0.39, 0.29) is 10.9 Å². The molecular weight excluding hydrogens is 276 g/mol. The summed E-state index contributed by atoms with van der Waals surface area (Å²) in [6.07, 6.45) is 0.634. The molecule has 1 aliphatic heterocycles. The van der Waals surface area contributed by atoms with Crippen LogP contribution in [0, 0.1) is 0 Å². The highest BCUT2D eigenvalue weighted by Gasteiger charge is 2.27. The van der Waals surface area contributed by atoms with Gasteiger partial charge in [-0.05, 0) is 30.2 Å². The number of benzene rings is 1. The number of carbonyl (C=O) groups is 1. The Bertz CT molecular complexity index is 598. The fourth-order valence-electron chi connectivity index (χ4n) is 1.97. The van der Waals surface area contributed by atoms with E-state index < -0.39 is 9.05 Å². The van der Waals surface area contributed by atoms with Gasteiger partial charge in [-0.25, -0.2) is 13.2 Å². The molecule has 0 saturated heterocycles. The van der Waals surface area contributed by atoms with Gasteiger partial charge < -0.3 is 4.90 Å². The van der Waals surface area contributed by atoms with Gasteiger partial charge in [-0.2, -0.15) is 0 Å². The number of hydrogen-bond donors (Lipinski definition) is 0. The third-order valence-corrected chi connectivity index (χ3v) is 4.19. The minimum atomic E-state index is -3.72. The summed E-state index contributed by atoms with van der Waals surface area (Å²) >= 11 is 0. The first-order chi connectivity index (χ1) is 8.30. The molecule has 0 radical (unpaired) electrons. The zero-order valence-electron chi connectivity index (χ0n) is 10.1. The van der Waals surface area contributed by atoms with E-state index in [9.17, 15) is 13.2 Å². The van der Waals surface area contributed by atoms with Crippen LogP contribution in [-0.4, -0.2) is 40.0 Å². The number of hydrogen-bond acceptors (Lipinski definition) is 3. The summed E-state index contributed by atoms with van der Waals surface area (Å²) in [7, 11) is 4.93. The van der Waals surface area contributed by atoms with E-state index in [1.54, 1.807) is 25.1 Å². The third kappa shape index (κ3) is 2.30. The second-order valence-electron chi connectivity index (χ2n) is 4.31. The topological polar surface area (TPSA) is 57.7 Å². The number of anilines is 1. The van der Waals surface area contributed by atoms with Crippen LogP contribution < -0.4 is 4.90 Å². The van der Waals surface area contributed by atoms with Crippen LogP contribution in [0.15, 0.2) is 23.1 Å². The molecule has 1 aromatic rings. The summed E-state index contributed by atoms with van der Waals surface area (Å²) in [5.74, 6) is 0. The van der Waals surface area contributed by atoms with Gasteiger partial charge in [0.05, 0.1) is 4.90 Å². The lowest BCUT2D eigenvalue weighted by Gasteiger charge is -2.21. The average Bonchev–Trinajstić information content (AvgIpc) is 2.69. The van der Waals surface area contributed by atoms with E-state index in [0.717, 1.165) is 11.3 Å². The van der Waals surface area contributed by atoms with Crippen LogP contribution in [0.4, 0.5) is 10.5 Å². The Balaban J connectivity index is 2.40. The van der Waals surface area contributed by atoms with Crippen molar-refractivity contribution in [3.05, 3.63) is 23.8 Å². The Morgan fingerprint density at radius 1 is 1.39 bits per heavy atom. The Morgan fingerprint density at radius 2 is 2.06 bits per heavy atom. The van der Waals surface area contributed by atoms with Gasteiger partial charge in [-0.15, -0.1) is 0 Å². The van der Waals surface area contributed by atoms with Crippen molar-refractivity contribution < 1.29 is 13.2 Å². The minimum Gasteiger partial charge on any atom is -0.330 e. The minimum absolute atomic E-state index is 0.0714. The van der Waals surface area contributed by atoms with E-state index in [0.29, 0.717) is 13.0 Å². The molecule has 0 saturated carbocycles. The predicted octanol–water partition coefficient (Wildman–Crippen LogP) is 1.66. The summed E-state index contributed by atoms with van der Waals surface area (Å²) < 4.78 is 22.5. The largest absolute Gasteiger partial charge is 0.330 e. The van der Waals surface area contributed by atoms with Crippen molar-refractivity contribution in [1.29, 1.82) is 0 Å². The van der Waals surface area contributed by atoms with E-state index >= 15 is 0 Å². The Hall–Kier alpha value is -1.27. The molecule has 0 N–H and O–H groups in total. The maximum Gasteiger partial charge on any atom is 0.323 e. The molecule has 0 bridgehead atoms. The highest BCUT2D eigenvalue weighted by molar-refractivity contribution is 8.13. The smallest absolute Gasteiger partial charge is 0.323 e. The van der Waals surface area contributed by atoms with Crippen LogP contribution in [0.25, 0.3) is 0 Å². The van der Waals surface area contributed by atoms with Crippen molar-refractivity contribution in [2.24, 2.45) is 0 Å². The second-order valence-corrected chi connectivity index (χ2v) is 6.87. The van der Waals surface area contributed by atoms with Crippen molar-refractivity contribution in [1.82, 2.24) is 4.90 Å². The fourth-order valence-corrected chi connectivity index (χ4v) is 2.77. The van der Waals surface area contributed by atoms with E-state index in [1.165, 1.54) is 17.0 Å². The van der Waals surface area contributed by atoms with Crippen LogP contribution in [-0.2, 0) is 15.5 Å². The maximum atomic E-state index is 11.9. The van der Waals surface area contributed by atoms with E-state index in [2.05, 4.69) is 0 Å². The number of nitrogens with zero attached hydrogens (tertiary/aromatic N) is 2. The summed E-state index contributed by atoms with van der Waals surface area (Å²) in [5, 5.41) is 0. The molecule has 7 heteroatoms. The van der Waals surface area contributed by atoms with Crippen molar-refractivity contribution >= 4 is 31.5 Å². The Labute approximate surface area is 110 Å². The lowest BCUT2D eigenvalue weighted by Crippen LogP contribution is -2.38. The first kappa shape index (κ1) is 13.2. The summed E-state index contributed by atoms with van der Waals surface area (Å²) in [6.45, 7) is 0.554. The monoisotopic (exact) mass is 288 g/mol. The summed E-state index contributed by atoms with van der Waals surface area (Å²) in [5.41, 5.74) is 1.57. The molecule has 1 aromatic carbocycles. The summed E-state index contributed by atoms with van der Waals surface area (Å²) in [4.78, 5) is 15.1. The number of halogens is 1. The fraction of sp³-hybridized carbons (Fsp3) is 0.364. The molecule has 18 heavy (non-hydrogen) atoms. The molecule has 0 aliphatic carbocycles. The van der Waals surface area contributed by atoms with Gasteiger partial charge in [-0.3, -0.25) is 4.90 Å². The first-order valence-electron chi connectivity index (χ1n) is 5.37. The standard InChI is InChI=1S/C11H13ClN2O3S/c1-13(2)11(15)14-6-5-8-7-9(18(12,16)17)3-4-10(8)14/h3-4,7H,5-6H2,1-2H3. The maximum absolute atomic E-state index is 11.9. The second kappa shape index (κ2) is 4.44. The lowest BCUT2D eigenvalue weighted by atomic mass is 10.2. The zero-order chi connectivity index (χ0) is 13.5. The van der Waals surface area contributed by atoms with Gasteiger partial charge in [0.15, 0.2) is 0 Å². The van der Waals surface area contributed by atoms with Gasteiger partial charge in [0, 0.05) is 37.0 Å². The molecule has 0 unspecified atom stereocenters. The summed E-state index contributed by atoms with van der Waals surface area (Å²) in [6, 6.07) is 4.46. The molecular formula is C11H13ClN2O3S. The van der Waals surface area contributed by atoms with Crippen molar-refractivity contribution in [3.8, 4) is 0 Å². The van der Waals surface area contributed by atoms with Crippen LogP contribution in [0.3, 0.4) is 0 Å². The van der Waals surface area contributed by atoms with Crippen molar-refractivity contribution in [2.75, 3.05) is 25.5 Å². The molecule has 98 valence electrons. The number of fused-ring (bicyclic) bond motifs is 1. The molecule has 0 atom stereocenters. The van der Waals surface area contributed by atoms with Crippen LogP contribution in [0.5, 0.6) is 0 Å². The molecule has 0 aromatic heterocycles. The van der Waals surface area contributed by atoms with Gasteiger partial charge in [0.25, 0.3) is 9.05 Å². The predicted molar refractivity (Wildman–Crippen MR) is 69.6 cm³/mol. The van der Waals surface area contributed by atoms with E-state index in [4.69, 9.17) is 10.7 Å². The molecule has 1 heterocycles. The number of carbonyl (C=O) groups excluding carboxylic acids is 1. The first-order valence-corrected chi connectivity index (χ1v) is 7.68. The van der Waals surface area contributed by atoms with Crippen LogP contribution >= 0.6 is 10.7 Å². The third-order valence-electron chi connectivity index (χ3n) is 2.84. The van der Waals surface area contributed by atoms with Crippen molar-refractivity contribution in [3.63, 3.8) is 0 Å². The lowest BCUT2D eigenvalue weighted by molar-refractivity contribution is 0.224. The highest BCUT2D eigenvalue weighted by Crippen LogP contribution is 2.31. The Kier molecular flexibility index (Phi) is 3.25. The van der Waals surface area contributed by atoms with Gasteiger partial charge >= 0.3 is 6.03 Å². The van der Waals surface area contributed by atoms with Gasteiger partial charge in [0.2, 0.25) is 0 Å². The van der Waals surface area contributed by atoms with Gasteiger partial charge in [-0.1, -0.05) is 0 Å². The zero-order valence-corrected chi connectivity index (χ0v) is 11.6. The average molecular weight is 289 g/mol. The van der Waals surface area contributed by atoms with Gasteiger partial charge in [0.1, 0.15) is 0 Å². The van der Waals surface area contributed by atoms with Crippen LogP contribution in [0.2, 0.25) is 0 Å². The molecule has 2 amide bonds. The Morgan fingerprint density at radius 3 is 2.61 bits per heavy atom. The molecule has 1 aliphatic rings. The SMILES string of the molecule is CN(C)C(=O)N1CCc2cc(S(=O)(=O)Cl)ccc21. The number of rotatable bonds is 1. The molecule has 2 rings (SSSR count). The normalized spacial score (nSPS) is 14.5. The van der Waals surface area contributed by atoms with E-state index in [1.807, 2.05) is 0 Å². The number of urea groups is 1. The van der Waals surface area contributed by atoms with Crippen molar-refractivity contribution in [2.45, 2.75) is 11.3 Å². The van der Waals surface area contributed by atoms with Crippen LogP contribution in [0.1, 0.15) is 5.56 Å². The quantitative estimate of drug-likeness (QED) is 0.739. The molecule has 0 fully saturated rings.